The van der Waals surface area contributed by atoms with Crippen LogP contribution in [0.4, 0.5) is 4.39 Å². The summed E-state index contributed by atoms with van der Waals surface area (Å²) in [5.74, 6) is -0.502. The van der Waals surface area contributed by atoms with Gasteiger partial charge in [-0.05, 0) is 62.7 Å². The number of halogens is 1. The molecule has 0 aromatic heterocycles. The maximum absolute atomic E-state index is 14.4. The van der Waals surface area contributed by atoms with Gasteiger partial charge in [0, 0.05) is 6.54 Å². The fourth-order valence-corrected chi connectivity index (χ4v) is 4.17. The average Bonchev–Trinajstić information content (AvgIpc) is 3.18. The molecule has 0 saturated carbocycles. The minimum absolute atomic E-state index is 0.142. The predicted molar refractivity (Wildman–Crippen MR) is 103 cm³/mol. The van der Waals surface area contributed by atoms with E-state index >= 15 is 0 Å². The molecule has 1 amide bonds. The molecule has 8 heteroatoms. The third-order valence-corrected chi connectivity index (χ3v) is 6.25. The highest BCUT2D eigenvalue weighted by Crippen LogP contribution is 2.34. The molecule has 0 aliphatic carbocycles. The number of carbonyl (C=O) groups is 1. The Labute approximate surface area is 164 Å². The second-order valence-electron chi connectivity index (χ2n) is 6.51. The van der Waals surface area contributed by atoms with Gasteiger partial charge >= 0.3 is 0 Å². The number of benzene rings is 2. The minimum Gasteiger partial charge on any atom is -0.494 e. The molecule has 28 heavy (non-hydrogen) atoms. The van der Waals surface area contributed by atoms with Gasteiger partial charge in [-0.3, -0.25) is 4.79 Å². The van der Waals surface area contributed by atoms with Crippen molar-refractivity contribution in [1.29, 1.82) is 0 Å². The Hall–Kier alpha value is -2.45. The van der Waals surface area contributed by atoms with Gasteiger partial charge in [-0.25, -0.2) is 17.5 Å². The van der Waals surface area contributed by atoms with Crippen LogP contribution in [0.2, 0.25) is 0 Å². The van der Waals surface area contributed by atoms with Gasteiger partial charge in [0.1, 0.15) is 11.6 Å². The van der Waals surface area contributed by atoms with Crippen molar-refractivity contribution in [3.8, 4) is 5.75 Å². The lowest BCUT2D eigenvalue weighted by molar-refractivity contribution is 0.0730. The Bertz CT molecular complexity index is 961. The summed E-state index contributed by atoms with van der Waals surface area (Å²) in [6, 6.07) is 10.6. The smallest absolute Gasteiger partial charge is 0.257 e. The average molecular weight is 406 g/mol. The van der Waals surface area contributed by atoms with Crippen LogP contribution in [0.1, 0.15) is 41.7 Å². The number of hydrogen-bond donors (Lipinski definition) is 1. The third-order valence-electron chi connectivity index (χ3n) is 4.84. The summed E-state index contributed by atoms with van der Waals surface area (Å²) in [6.07, 6.45) is 1.55. The molecule has 0 bridgehead atoms. The zero-order valence-electron chi connectivity index (χ0n) is 15.8. The second-order valence-corrected chi connectivity index (χ2v) is 8.39. The highest BCUT2D eigenvalue weighted by atomic mass is 32.2. The quantitative estimate of drug-likeness (QED) is 0.800. The van der Waals surface area contributed by atoms with Gasteiger partial charge in [-0.2, -0.15) is 0 Å². The summed E-state index contributed by atoms with van der Waals surface area (Å²) in [6.45, 7) is 2.96. The predicted octanol–water partition coefficient (Wildman–Crippen LogP) is 3.11. The first kappa shape index (κ1) is 20.3. The van der Waals surface area contributed by atoms with E-state index in [9.17, 15) is 17.6 Å². The van der Waals surface area contributed by atoms with Crippen LogP contribution in [0.5, 0.6) is 5.75 Å². The summed E-state index contributed by atoms with van der Waals surface area (Å²) in [5.41, 5.74) is 0.697. The minimum atomic E-state index is -3.77. The van der Waals surface area contributed by atoms with Crippen LogP contribution in [0.3, 0.4) is 0 Å². The molecule has 1 aliphatic heterocycles. The summed E-state index contributed by atoms with van der Waals surface area (Å²) in [7, 11) is -2.51. The van der Waals surface area contributed by atoms with Gasteiger partial charge in [-0.15, -0.1) is 0 Å². The molecule has 6 nitrogen and oxygen atoms in total. The van der Waals surface area contributed by atoms with E-state index < -0.39 is 21.7 Å². The van der Waals surface area contributed by atoms with Crippen molar-refractivity contribution in [2.45, 2.75) is 30.7 Å². The van der Waals surface area contributed by atoms with Crippen molar-refractivity contribution in [3.05, 3.63) is 59.4 Å². The molecule has 1 fully saturated rings. The maximum Gasteiger partial charge on any atom is 0.257 e. The van der Waals surface area contributed by atoms with Gasteiger partial charge in [0.15, 0.2) is 0 Å². The first-order valence-electron chi connectivity index (χ1n) is 9.14. The van der Waals surface area contributed by atoms with E-state index in [0.717, 1.165) is 42.4 Å². The summed E-state index contributed by atoms with van der Waals surface area (Å²) < 4.78 is 46.0. The Kier molecular flexibility index (Phi) is 6.00. The van der Waals surface area contributed by atoms with Gasteiger partial charge in [0.05, 0.1) is 23.1 Å². The van der Waals surface area contributed by atoms with Crippen LogP contribution in [0.15, 0.2) is 47.4 Å². The van der Waals surface area contributed by atoms with Gasteiger partial charge < -0.3 is 9.64 Å². The number of sulfonamides is 1. The molecular weight excluding hydrogens is 383 g/mol. The summed E-state index contributed by atoms with van der Waals surface area (Å²) in [5, 5.41) is 0. The standard InChI is InChI=1S/C20H23FN2O4S/c1-3-27-15-8-6-14(7-9-15)19-5-4-12-23(19)20(24)17-13-16(10-11-18(17)21)28(25,26)22-2/h6-11,13,19,22H,3-5,12H2,1-2H3/t19-/m1/s1. The topological polar surface area (TPSA) is 75.7 Å². The number of likely N-dealkylation sites (tertiary alicyclic amines) is 1. The molecule has 2 aromatic rings. The van der Waals surface area contributed by atoms with E-state index in [-0.39, 0.29) is 16.5 Å². The van der Waals surface area contributed by atoms with E-state index in [0.29, 0.717) is 13.2 Å². The zero-order valence-corrected chi connectivity index (χ0v) is 16.6. The molecule has 2 aromatic carbocycles. The van der Waals surface area contributed by atoms with Crippen LogP contribution < -0.4 is 9.46 Å². The van der Waals surface area contributed by atoms with E-state index in [2.05, 4.69) is 4.72 Å². The number of rotatable bonds is 6. The van der Waals surface area contributed by atoms with Crippen LogP contribution in [-0.2, 0) is 10.0 Å². The molecule has 1 heterocycles. The Morgan fingerprint density at radius 1 is 1.25 bits per heavy atom. The number of nitrogens with one attached hydrogen (secondary N) is 1. The second kappa shape index (κ2) is 8.28. The van der Waals surface area contributed by atoms with Crippen molar-refractivity contribution < 1.29 is 22.3 Å². The number of ether oxygens (including phenoxy) is 1. The highest BCUT2D eigenvalue weighted by molar-refractivity contribution is 7.89. The van der Waals surface area contributed by atoms with Crippen molar-refractivity contribution in [2.24, 2.45) is 0 Å². The highest BCUT2D eigenvalue weighted by Gasteiger charge is 2.32. The van der Waals surface area contributed by atoms with Crippen molar-refractivity contribution >= 4 is 15.9 Å². The fraction of sp³-hybridized carbons (Fsp3) is 0.350. The van der Waals surface area contributed by atoms with E-state index in [1.54, 1.807) is 4.90 Å². The maximum atomic E-state index is 14.4. The Morgan fingerprint density at radius 3 is 2.61 bits per heavy atom. The normalized spacial score (nSPS) is 17.0. The van der Waals surface area contributed by atoms with Crippen LogP contribution in [-0.4, -0.2) is 39.4 Å². The molecule has 0 radical (unpaired) electrons. The van der Waals surface area contributed by atoms with Crippen molar-refractivity contribution in [3.63, 3.8) is 0 Å². The lowest BCUT2D eigenvalue weighted by atomic mass is 10.0. The molecule has 1 N–H and O–H groups in total. The van der Waals surface area contributed by atoms with Crippen molar-refractivity contribution in [1.82, 2.24) is 9.62 Å². The van der Waals surface area contributed by atoms with Crippen LogP contribution >= 0.6 is 0 Å². The van der Waals surface area contributed by atoms with Gasteiger partial charge in [-0.1, -0.05) is 12.1 Å². The van der Waals surface area contributed by atoms with Crippen LogP contribution in [0.25, 0.3) is 0 Å². The fourth-order valence-electron chi connectivity index (χ4n) is 3.42. The molecule has 0 unspecified atom stereocenters. The lowest BCUT2D eigenvalue weighted by Gasteiger charge is -2.25. The van der Waals surface area contributed by atoms with Crippen LogP contribution in [0, 0.1) is 5.82 Å². The van der Waals surface area contributed by atoms with Gasteiger partial charge in [0.2, 0.25) is 10.0 Å². The monoisotopic (exact) mass is 406 g/mol. The third kappa shape index (κ3) is 4.02. The lowest BCUT2D eigenvalue weighted by Crippen LogP contribution is -2.31. The Balaban J connectivity index is 1.90. The molecule has 150 valence electrons. The molecule has 1 saturated heterocycles. The molecule has 1 aliphatic rings. The zero-order chi connectivity index (χ0) is 20.3. The largest absolute Gasteiger partial charge is 0.494 e. The number of carbonyl (C=O) groups excluding carboxylic acids is 1. The summed E-state index contributed by atoms with van der Waals surface area (Å²) in [4.78, 5) is 14.5. The molecule has 0 spiro atoms. The number of nitrogens with zero attached hydrogens (tertiary/aromatic N) is 1. The molecule has 1 atom stereocenters. The molecular formula is C20H23FN2O4S. The summed E-state index contributed by atoms with van der Waals surface area (Å²) >= 11 is 0. The Morgan fingerprint density at radius 2 is 1.96 bits per heavy atom. The van der Waals surface area contributed by atoms with E-state index in [4.69, 9.17) is 4.74 Å². The first-order chi connectivity index (χ1) is 13.4. The number of hydrogen-bond acceptors (Lipinski definition) is 4. The molecule has 3 rings (SSSR count). The van der Waals surface area contributed by atoms with Gasteiger partial charge in [0.25, 0.3) is 5.91 Å². The van der Waals surface area contributed by atoms with E-state index in [1.165, 1.54) is 7.05 Å². The first-order valence-corrected chi connectivity index (χ1v) is 10.6. The SMILES string of the molecule is CCOc1ccc([C@H]2CCCN2C(=O)c2cc(S(=O)(=O)NC)ccc2F)cc1. The van der Waals surface area contributed by atoms with Crippen molar-refractivity contribution in [2.75, 3.05) is 20.2 Å². The van der Waals surface area contributed by atoms with E-state index in [1.807, 2.05) is 31.2 Å². The number of amides is 1.